The van der Waals surface area contributed by atoms with Crippen LogP contribution in [0.5, 0.6) is 0 Å². The Kier molecular flexibility index (Phi) is 4.20. The molecule has 6 heteroatoms. The zero-order valence-electron chi connectivity index (χ0n) is 12.5. The standard InChI is InChI=1S/C16H21NO4Si/c18-15(19)14-11-22(8-4-5-9-22)12-17(14)16(20)21-10-13-6-2-1-3-7-13/h1-3,6-7,14H,4-5,8-12H2,(H,18,19). The second-order valence-electron chi connectivity index (χ2n) is 6.43. The van der Waals surface area contributed by atoms with Crippen LogP contribution in [0.25, 0.3) is 0 Å². The Morgan fingerprint density at radius 3 is 2.55 bits per heavy atom. The van der Waals surface area contributed by atoms with Crippen molar-refractivity contribution in [3.63, 3.8) is 0 Å². The molecule has 0 bridgehead atoms. The van der Waals surface area contributed by atoms with Gasteiger partial charge in [-0.2, -0.15) is 0 Å². The van der Waals surface area contributed by atoms with Gasteiger partial charge in [-0.1, -0.05) is 55.3 Å². The van der Waals surface area contributed by atoms with Crippen molar-refractivity contribution in [2.24, 2.45) is 0 Å². The highest BCUT2D eigenvalue weighted by Gasteiger charge is 2.51. The summed E-state index contributed by atoms with van der Waals surface area (Å²) in [5, 5.41) is 9.43. The molecule has 1 aromatic carbocycles. The van der Waals surface area contributed by atoms with Gasteiger partial charge in [-0.05, 0) is 11.6 Å². The number of carbonyl (C=O) groups excluding carboxylic acids is 1. The molecule has 1 aromatic rings. The quantitative estimate of drug-likeness (QED) is 0.870. The maximum atomic E-state index is 12.3. The normalized spacial score (nSPS) is 22.9. The highest BCUT2D eigenvalue weighted by molar-refractivity contribution is 6.82. The van der Waals surface area contributed by atoms with Crippen molar-refractivity contribution in [2.45, 2.75) is 43.6 Å². The zero-order chi connectivity index (χ0) is 15.6. The van der Waals surface area contributed by atoms with E-state index < -0.39 is 26.2 Å². The minimum atomic E-state index is -1.58. The van der Waals surface area contributed by atoms with Crippen LogP contribution in [-0.4, -0.2) is 42.4 Å². The number of aliphatic carboxylic acids is 1. The van der Waals surface area contributed by atoms with Crippen LogP contribution in [0.15, 0.2) is 30.3 Å². The SMILES string of the molecule is O=C(O)C1C[Si]2(CCCC2)CN1C(=O)OCc1ccccc1. The molecule has 0 aromatic heterocycles. The van der Waals surface area contributed by atoms with Gasteiger partial charge in [0, 0.05) is 6.17 Å². The van der Waals surface area contributed by atoms with Crippen LogP contribution >= 0.6 is 0 Å². The second-order valence-corrected chi connectivity index (χ2v) is 11.2. The molecule has 2 aliphatic heterocycles. The first-order valence-corrected chi connectivity index (χ1v) is 10.6. The van der Waals surface area contributed by atoms with Gasteiger partial charge < -0.3 is 9.84 Å². The summed E-state index contributed by atoms with van der Waals surface area (Å²) < 4.78 is 5.34. The van der Waals surface area contributed by atoms with Crippen molar-refractivity contribution in [3.05, 3.63) is 35.9 Å². The molecule has 118 valence electrons. The smallest absolute Gasteiger partial charge is 0.410 e. The van der Waals surface area contributed by atoms with Gasteiger partial charge in [-0.15, -0.1) is 0 Å². The Balaban J connectivity index is 1.66. The molecule has 22 heavy (non-hydrogen) atoms. The third kappa shape index (κ3) is 3.01. The van der Waals surface area contributed by atoms with E-state index in [2.05, 4.69) is 0 Å². The minimum Gasteiger partial charge on any atom is -0.480 e. The fourth-order valence-electron chi connectivity index (χ4n) is 3.76. The van der Waals surface area contributed by atoms with Gasteiger partial charge in [0.2, 0.25) is 0 Å². The molecule has 0 radical (unpaired) electrons. The predicted molar refractivity (Wildman–Crippen MR) is 84.2 cm³/mol. The number of hydrogen-bond donors (Lipinski definition) is 1. The van der Waals surface area contributed by atoms with Gasteiger partial charge in [-0.25, -0.2) is 9.59 Å². The van der Waals surface area contributed by atoms with Crippen molar-refractivity contribution >= 4 is 20.1 Å². The third-order valence-corrected chi connectivity index (χ3v) is 9.99. The lowest BCUT2D eigenvalue weighted by Gasteiger charge is -2.22. The first-order valence-electron chi connectivity index (χ1n) is 7.80. The van der Waals surface area contributed by atoms with Crippen LogP contribution in [0.1, 0.15) is 18.4 Å². The number of nitrogens with zero attached hydrogens (tertiary/aromatic N) is 1. The maximum Gasteiger partial charge on any atom is 0.410 e. The number of amides is 1. The third-order valence-electron chi connectivity index (χ3n) is 4.90. The molecule has 0 saturated carbocycles. The minimum absolute atomic E-state index is 0.192. The molecule has 5 nitrogen and oxygen atoms in total. The average molecular weight is 319 g/mol. The lowest BCUT2D eigenvalue weighted by atomic mass is 10.2. The highest BCUT2D eigenvalue weighted by Crippen LogP contribution is 2.41. The Bertz CT molecular complexity index is 557. The van der Waals surface area contributed by atoms with Gasteiger partial charge in [0.1, 0.15) is 12.6 Å². The fraction of sp³-hybridized carbons (Fsp3) is 0.500. The Morgan fingerprint density at radius 2 is 1.91 bits per heavy atom. The number of benzene rings is 1. The van der Waals surface area contributed by atoms with Crippen molar-refractivity contribution in [3.8, 4) is 0 Å². The summed E-state index contributed by atoms with van der Waals surface area (Å²) in [6.07, 6.45) is 2.54. The molecule has 3 rings (SSSR count). The predicted octanol–water partition coefficient (Wildman–Crippen LogP) is 2.87. The number of hydrogen-bond acceptors (Lipinski definition) is 3. The van der Waals surface area contributed by atoms with Gasteiger partial charge in [0.25, 0.3) is 0 Å². The van der Waals surface area contributed by atoms with E-state index in [0.29, 0.717) is 12.2 Å². The molecule has 1 unspecified atom stereocenters. The van der Waals surface area contributed by atoms with Crippen molar-refractivity contribution < 1.29 is 19.4 Å². The van der Waals surface area contributed by atoms with E-state index >= 15 is 0 Å². The van der Waals surface area contributed by atoms with E-state index in [0.717, 1.165) is 17.7 Å². The van der Waals surface area contributed by atoms with E-state index in [4.69, 9.17) is 4.74 Å². The van der Waals surface area contributed by atoms with Crippen molar-refractivity contribution in [1.29, 1.82) is 0 Å². The molecule has 1 N–H and O–H groups in total. The highest BCUT2D eigenvalue weighted by atomic mass is 28.3. The van der Waals surface area contributed by atoms with Crippen molar-refractivity contribution in [1.82, 2.24) is 4.90 Å². The monoisotopic (exact) mass is 319 g/mol. The average Bonchev–Trinajstić information content (AvgIpc) is 3.14. The van der Waals surface area contributed by atoms with E-state index in [1.807, 2.05) is 30.3 Å². The second kappa shape index (κ2) is 6.12. The van der Waals surface area contributed by atoms with E-state index in [1.54, 1.807) is 0 Å². The van der Waals surface area contributed by atoms with Crippen LogP contribution in [0, 0.1) is 0 Å². The Hall–Kier alpha value is -1.82. The molecule has 2 fully saturated rings. The van der Waals surface area contributed by atoms with Gasteiger partial charge in [0.05, 0.1) is 8.07 Å². The molecule has 1 amide bonds. The topological polar surface area (TPSA) is 66.8 Å². The number of rotatable bonds is 3. The largest absolute Gasteiger partial charge is 0.480 e. The lowest BCUT2D eigenvalue weighted by molar-refractivity contribution is -0.141. The van der Waals surface area contributed by atoms with E-state index in [1.165, 1.54) is 17.7 Å². The van der Waals surface area contributed by atoms with Gasteiger partial charge >= 0.3 is 12.1 Å². The summed E-state index contributed by atoms with van der Waals surface area (Å²) in [7, 11) is -1.58. The maximum absolute atomic E-state index is 12.3. The van der Waals surface area contributed by atoms with Crippen LogP contribution in [0.3, 0.4) is 0 Å². The fourth-order valence-corrected chi connectivity index (χ4v) is 9.15. The molecule has 2 saturated heterocycles. The zero-order valence-corrected chi connectivity index (χ0v) is 13.5. The van der Waals surface area contributed by atoms with Gasteiger partial charge in [0.15, 0.2) is 0 Å². The summed E-state index contributed by atoms with van der Waals surface area (Å²) in [5.41, 5.74) is 0.912. The van der Waals surface area contributed by atoms with Crippen LogP contribution < -0.4 is 0 Å². The molecule has 1 spiro atoms. The van der Waals surface area contributed by atoms with Crippen LogP contribution in [-0.2, 0) is 16.1 Å². The summed E-state index contributed by atoms with van der Waals surface area (Å²) >= 11 is 0. The van der Waals surface area contributed by atoms with Gasteiger partial charge in [-0.3, -0.25) is 4.90 Å². The van der Waals surface area contributed by atoms with E-state index in [-0.39, 0.29) is 6.61 Å². The molecular formula is C16H21NO4Si. The summed E-state index contributed by atoms with van der Waals surface area (Å²) in [4.78, 5) is 25.3. The first kappa shape index (κ1) is 15.1. The first-order chi connectivity index (χ1) is 10.6. The Morgan fingerprint density at radius 1 is 1.23 bits per heavy atom. The number of ether oxygens (including phenoxy) is 1. The van der Waals surface area contributed by atoms with E-state index in [9.17, 15) is 14.7 Å². The Labute approximate surface area is 130 Å². The molecule has 2 aliphatic rings. The summed E-state index contributed by atoms with van der Waals surface area (Å²) in [5.74, 6) is -0.895. The summed E-state index contributed by atoms with van der Waals surface area (Å²) in [6, 6.07) is 11.8. The molecule has 2 heterocycles. The van der Waals surface area contributed by atoms with Crippen LogP contribution in [0.4, 0.5) is 4.79 Å². The number of carboxylic acids is 1. The molecule has 1 atom stereocenters. The van der Waals surface area contributed by atoms with Crippen LogP contribution in [0.2, 0.25) is 18.1 Å². The van der Waals surface area contributed by atoms with Crippen molar-refractivity contribution in [2.75, 3.05) is 6.17 Å². The number of carbonyl (C=O) groups is 2. The molecule has 0 aliphatic carbocycles. The summed E-state index contributed by atoms with van der Waals surface area (Å²) in [6.45, 7) is 0.192. The lowest BCUT2D eigenvalue weighted by Crippen LogP contribution is -2.42. The number of carboxylic acid groups (broad SMARTS) is 1. The molecular weight excluding hydrogens is 298 g/mol.